The van der Waals surface area contributed by atoms with Crippen LogP contribution in [0.3, 0.4) is 0 Å². The van der Waals surface area contributed by atoms with Crippen LogP contribution in [0.5, 0.6) is 0 Å². The van der Waals surface area contributed by atoms with Crippen molar-refractivity contribution in [1.29, 1.82) is 0 Å². The molecule has 2 N–H and O–H groups in total. The van der Waals surface area contributed by atoms with Gasteiger partial charge in [0.1, 0.15) is 11.3 Å². The molecule has 1 aromatic carbocycles. The summed E-state index contributed by atoms with van der Waals surface area (Å²) >= 11 is 0. The van der Waals surface area contributed by atoms with E-state index in [1.165, 1.54) is 0 Å². The average Bonchev–Trinajstić information content (AvgIpc) is 2.98. The van der Waals surface area contributed by atoms with E-state index >= 15 is 0 Å². The Morgan fingerprint density at radius 2 is 2.10 bits per heavy atom. The summed E-state index contributed by atoms with van der Waals surface area (Å²) in [6.07, 6.45) is 2.02. The minimum Gasteiger partial charge on any atom is -0.368 e. The first-order chi connectivity index (χ1) is 14.4. The van der Waals surface area contributed by atoms with E-state index in [4.69, 9.17) is 17.3 Å². The number of nitrogens with zero attached hydrogens (tertiary/aromatic N) is 6. The molecule has 4 rings (SSSR count). The van der Waals surface area contributed by atoms with E-state index in [-0.39, 0.29) is 11.7 Å². The van der Waals surface area contributed by atoms with Crippen molar-refractivity contribution < 1.29 is 0 Å². The molecule has 0 spiro atoms. The van der Waals surface area contributed by atoms with Gasteiger partial charge < -0.3 is 15.5 Å². The number of piperidine rings is 1. The standard InChI is InChI=1S/C22H27N7O/c1-24-17-10-6-5-8-15(17)13-29-20-18(28-11-7-9-16(23)14-28)12-19(26(2)3)25-21(20)27(4)22(29)30/h5-6,8,10,12,16H,7,9,11,13-14,23H2,2-4H3/t16-/m1/s1. The van der Waals surface area contributed by atoms with Gasteiger partial charge in [0, 0.05) is 52.9 Å². The number of anilines is 2. The molecule has 1 fully saturated rings. The number of aromatic nitrogens is 3. The molecule has 0 aliphatic carbocycles. The lowest BCUT2D eigenvalue weighted by Crippen LogP contribution is -2.43. The maximum Gasteiger partial charge on any atom is 0.330 e. The second kappa shape index (κ2) is 7.84. The molecule has 1 aliphatic heterocycles. The van der Waals surface area contributed by atoms with Crippen molar-refractivity contribution in [3.63, 3.8) is 0 Å². The normalized spacial score (nSPS) is 16.6. The molecule has 1 atom stereocenters. The molecule has 8 nitrogen and oxygen atoms in total. The van der Waals surface area contributed by atoms with Crippen LogP contribution < -0.4 is 21.2 Å². The molecule has 1 saturated heterocycles. The summed E-state index contributed by atoms with van der Waals surface area (Å²) in [6, 6.07) is 9.57. The lowest BCUT2D eigenvalue weighted by atomic mass is 10.1. The first-order valence-electron chi connectivity index (χ1n) is 10.1. The first-order valence-corrected chi connectivity index (χ1v) is 10.1. The monoisotopic (exact) mass is 405 g/mol. The lowest BCUT2D eigenvalue weighted by Gasteiger charge is -2.33. The van der Waals surface area contributed by atoms with Crippen molar-refractivity contribution in [3.05, 3.63) is 57.8 Å². The molecular formula is C22H27N7O. The molecule has 1 aliphatic rings. The van der Waals surface area contributed by atoms with Crippen LogP contribution in [0.4, 0.5) is 17.2 Å². The summed E-state index contributed by atoms with van der Waals surface area (Å²) in [7, 11) is 5.64. The van der Waals surface area contributed by atoms with Crippen molar-refractivity contribution in [2.24, 2.45) is 12.8 Å². The zero-order valence-electron chi connectivity index (χ0n) is 17.7. The number of hydrogen-bond acceptors (Lipinski definition) is 5. The molecule has 8 heteroatoms. The van der Waals surface area contributed by atoms with Crippen LogP contribution in [0.1, 0.15) is 18.4 Å². The fourth-order valence-electron chi connectivity index (χ4n) is 4.13. The van der Waals surface area contributed by atoms with Crippen LogP contribution >= 0.6 is 0 Å². The highest BCUT2D eigenvalue weighted by Crippen LogP contribution is 2.32. The predicted octanol–water partition coefficient (Wildman–Crippen LogP) is 2.33. The van der Waals surface area contributed by atoms with E-state index in [0.29, 0.717) is 17.9 Å². The van der Waals surface area contributed by atoms with Crippen LogP contribution in [0.15, 0.2) is 35.1 Å². The summed E-state index contributed by atoms with van der Waals surface area (Å²) in [5.74, 6) is 0.797. The number of rotatable bonds is 4. The highest BCUT2D eigenvalue weighted by Gasteiger charge is 2.25. The lowest BCUT2D eigenvalue weighted by molar-refractivity contribution is 0.506. The van der Waals surface area contributed by atoms with Crippen LogP contribution in [0.25, 0.3) is 16.0 Å². The summed E-state index contributed by atoms with van der Waals surface area (Å²) in [5, 5.41) is 0. The number of pyridine rings is 1. The minimum absolute atomic E-state index is 0.108. The SMILES string of the molecule is [C-]#[N+]c1ccccc1Cn1c(=O)n(C)c2nc(N(C)C)cc(N3CCC[C@@H](N)C3)c21. The molecule has 3 aromatic rings. The number of para-hydroxylation sites is 1. The number of imidazole rings is 1. The summed E-state index contributed by atoms with van der Waals surface area (Å²) in [4.78, 5) is 25.8. The van der Waals surface area contributed by atoms with Gasteiger partial charge in [-0.2, -0.15) is 0 Å². The van der Waals surface area contributed by atoms with Crippen molar-refractivity contribution in [3.8, 4) is 0 Å². The second-order valence-corrected chi connectivity index (χ2v) is 8.08. The number of aryl methyl sites for hydroxylation is 1. The second-order valence-electron chi connectivity index (χ2n) is 8.08. The summed E-state index contributed by atoms with van der Waals surface area (Å²) in [6.45, 7) is 9.42. The van der Waals surface area contributed by atoms with Crippen molar-refractivity contribution in [2.75, 3.05) is 37.0 Å². The van der Waals surface area contributed by atoms with Crippen LogP contribution in [0, 0.1) is 6.57 Å². The van der Waals surface area contributed by atoms with E-state index in [1.807, 2.05) is 43.3 Å². The molecular weight excluding hydrogens is 378 g/mol. The van der Waals surface area contributed by atoms with Gasteiger partial charge in [0.05, 0.1) is 12.3 Å². The van der Waals surface area contributed by atoms with Gasteiger partial charge in [-0.1, -0.05) is 24.3 Å². The highest BCUT2D eigenvalue weighted by atomic mass is 16.1. The molecule has 3 heterocycles. The molecule has 0 unspecified atom stereocenters. The highest BCUT2D eigenvalue weighted by molar-refractivity contribution is 5.89. The smallest absolute Gasteiger partial charge is 0.330 e. The topological polar surface area (TPSA) is 76.7 Å². The van der Waals surface area contributed by atoms with E-state index < -0.39 is 0 Å². The zero-order chi connectivity index (χ0) is 21.4. The third-order valence-electron chi connectivity index (χ3n) is 5.74. The predicted molar refractivity (Wildman–Crippen MR) is 121 cm³/mol. The number of hydrogen-bond donors (Lipinski definition) is 1. The molecule has 0 bridgehead atoms. The van der Waals surface area contributed by atoms with Crippen molar-refractivity contribution in [2.45, 2.75) is 25.4 Å². The molecule has 156 valence electrons. The van der Waals surface area contributed by atoms with E-state index in [1.54, 1.807) is 22.2 Å². The molecule has 2 aromatic heterocycles. The fraction of sp³-hybridized carbons (Fsp3) is 0.409. The summed E-state index contributed by atoms with van der Waals surface area (Å²) < 4.78 is 3.33. The third kappa shape index (κ3) is 3.42. The Labute approximate surface area is 176 Å². The van der Waals surface area contributed by atoms with E-state index in [9.17, 15) is 4.79 Å². The molecule has 30 heavy (non-hydrogen) atoms. The van der Waals surface area contributed by atoms with Crippen LogP contribution in [-0.2, 0) is 13.6 Å². The maximum atomic E-state index is 13.2. The van der Waals surface area contributed by atoms with E-state index in [0.717, 1.165) is 48.5 Å². The number of fused-ring (bicyclic) bond motifs is 1. The Morgan fingerprint density at radius 1 is 1.33 bits per heavy atom. The quantitative estimate of drug-likeness (QED) is 0.674. The van der Waals surface area contributed by atoms with Gasteiger partial charge in [-0.15, -0.1) is 0 Å². The molecule has 0 amide bonds. The first kappa shape index (κ1) is 20.0. The van der Waals surface area contributed by atoms with Crippen molar-refractivity contribution >= 4 is 28.4 Å². The zero-order valence-corrected chi connectivity index (χ0v) is 17.7. The number of nitrogens with two attached hydrogens (primary N) is 1. The Bertz CT molecular complexity index is 1180. The Kier molecular flexibility index (Phi) is 5.22. The number of benzene rings is 1. The maximum absolute atomic E-state index is 13.2. The van der Waals surface area contributed by atoms with Gasteiger partial charge in [0.2, 0.25) is 0 Å². The van der Waals surface area contributed by atoms with Crippen molar-refractivity contribution in [1.82, 2.24) is 14.1 Å². The van der Waals surface area contributed by atoms with Crippen LogP contribution in [0.2, 0.25) is 0 Å². The molecule has 0 radical (unpaired) electrons. The summed E-state index contributed by atoms with van der Waals surface area (Å²) in [5.41, 5.74) is 9.90. The van der Waals surface area contributed by atoms with Gasteiger partial charge in [0.25, 0.3) is 0 Å². The molecule has 0 saturated carbocycles. The van der Waals surface area contributed by atoms with Crippen LogP contribution in [-0.4, -0.2) is 47.3 Å². The Balaban J connectivity index is 1.96. The van der Waals surface area contributed by atoms with Gasteiger partial charge >= 0.3 is 5.69 Å². The van der Waals surface area contributed by atoms with E-state index in [2.05, 4.69) is 9.74 Å². The Hall–Kier alpha value is -3.31. The van der Waals surface area contributed by atoms with Gasteiger partial charge in [-0.05, 0) is 18.4 Å². The Morgan fingerprint density at radius 3 is 2.80 bits per heavy atom. The average molecular weight is 406 g/mol. The minimum atomic E-state index is -0.143. The van der Waals surface area contributed by atoms with Gasteiger partial charge in [-0.25, -0.2) is 14.6 Å². The largest absolute Gasteiger partial charge is 0.368 e. The van der Waals surface area contributed by atoms with Gasteiger partial charge in [-0.3, -0.25) is 9.13 Å². The fourth-order valence-corrected chi connectivity index (χ4v) is 4.13. The van der Waals surface area contributed by atoms with Gasteiger partial charge in [0.15, 0.2) is 11.3 Å². The third-order valence-corrected chi connectivity index (χ3v) is 5.74.